The van der Waals surface area contributed by atoms with Crippen LogP contribution in [0.1, 0.15) is 45.4 Å². The zero-order valence-corrected chi connectivity index (χ0v) is 12.4. The van der Waals surface area contributed by atoms with E-state index in [1.54, 1.807) is 6.07 Å². The molecule has 2 rings (SSSR count). The molecule has 1 aromatic rings. The van der Waals surface area contributed by atoms with Crippen molar-refractivity contribution in [3.05, 3.63) is 12.4 Å². The highest BCUT2D eigenvalue weighted by atomic mass is 16.5. The lowest BCUT2D eigenvalue weighted by atomic mass is 9.84. The maximum absolute atomic E-state index is 11.5. The van der Waals surface area contributed by atoms with Gasteiger partial charge in [0.05, 0.1) is 6.61 Å². The molecule has 1 heterocycles. The second-order valence-corrected chi connectivity index (χ2v) is 5.45. The molecule has 116 valence electrons. The molecule has 0 saturated heterocycles. The molecule has 0 bridgehead atoms. The van der Waals surface area contributed by atoms with Crippen molar-refractivity contribution in [3.8, 4) is 5.88 Å². The van der Waals surface area contributed by atoms with Crippen LogP contribution in [0.5, 0.6) is 5.88 Å². The second-order valence-electron chi connectivity index (χ2n) is 5.45. The molecule has 1 aromatic heterocycles. The van der Waals surface area contributed by atoms with Gasteiger partial charge >= 0.3 is 5.97 Å². The van der Waals surface area contributed by atoms with E-state index in [1.165, 1.54) is 12.7 Å². The Balaban J connectivity index is 2.03. The lowest BCUT2D eigenvalue weighted by Gasteiger charge is -2.28. The van der Waals surface area contributed by atoms with E-state index in [4.69, 9.17) is 4.74 Å². The van der Waals surface area contributed by atoms with Crippen molar-refractivity contribution in [2.75, 3.05) is 11.9 Å². The van der Waals surface area contributed by atoms with Crippen LogP contribution in [0, 0.1) is 5.92 Å². The SMILES string of the molecule is CCCOc1cc(NC(C(=O)O)C2CCCCC2)ncn1. The summed E-state index contributed by atoms with van der Waals surface area (Å²) < 4.78 is 5.44. The molecule has 1 unspecified atom stereocenters. The number of anilines is 1. The minimum atomic E-state index is -0.823. The molecule has 2 N–H and O–H groups in total. The number of nitrogens with one attached hydrogen (secondary N) is 1. The zero-order valence-electron chi connectivity index (χ0n) is 12.4. The summed E-state index contributed by atoms with van der Waals surface area (Å²) in [7, 11) is 0. The second kappa shape index (κ2) is 7.81. The van der Waals surface area contributed by atoms with Crippen molar-refractivity contribution in [1.29, 1.82) is 0 Å². The Labute approximate surface area is 124 Å². The van der Waals surface area contributed by atoms with Crippen molar-refractivity contribution in [1.82, 2.24) is 9.97 Å². The van der Waals surface area contributed by atoms with Crippen molar-refractivity contribution < 1.29 is 14.6 Å². The average molecular weight is 293 g/mol. The Morgan fingerprint density at radius 3 is 2.86 bits per heavy atom. The number of rotatable bonds is 7. The highest BCUT2D eigenvalue weighted by Crippen LogP contribution is 2.28. The summed E-state index contributed by atoms with van der Waals surface area (Å²) in [4.78, 5) is 19.6. The van der Waals surface area contributed by atoms with Gasteiger partial charge in [0, 0.05) is 6.07 Å². The van der Waals surface area contributed by atoms with E-state index in [0.717, 1.165) is 32.1 Å². The zero-order chi connectivity index (χ0) is 15.1. The van der Waals surface area contributed by atoms with Gasteiger partial charge in [-0.3, -0.25) is 0 Å². The van der Waals surface area contributed by atoms with Gasteiger partial charge in [-0.25, -0.2) is 14.8 Å². The van der Waals surface area contributed by atoms with Gasteiger partial charge in [-0.15, -0.1) is 0 Å². The first kappa shape index (κ1) is 15.5. The number of aliphatic carboxylic acids is 1. The Bertz CT molecular complexity index is 461. The fourth-order valence-corrected chi connectivity index (χ4v) is 2.71. The van der Waals surface area contributed by atoms with Gasteiger partial charge in [-0.2, -0.15) is 0 Å². The van der Waals surface area contributed by atoms with Crippen LogP contribution in [-0.4, -0.2) is 33.7 Å². The number of carboxylic acid groups (broad SMARTS) is 1. The van der Waals surface area contributed by atoms with Crippen LogP contribution in [0.2, 0.25) is 0 Å². The molecule has 21 heavy (non-hydrogen) atoms. The third-order valence-electron chi connectivity index (χ3n) is 3.79. The summed E-state index contributed by atoms with van der Waals surface area (Å²) in [5.41, 5.74) is 0. The topological polar surface area (TPSA) is 84.3 Å². The van der Waals surface area contributed by atoms with Crippen LogP contribution in [0.25, 0.3) is 0 Å². The third kappa shape index (κ3) is 4.58. The number of aromatic nitrogens is 2. The van der Waals surface area contributed by atoms with Gasteiger partial charge in [0.1, 0.15) is 18.2 Å². The van der Waals surface area contributed by atoms with Gasteiger partial charge in [0.2, 0.25) is 5.88 Å². The maximum atomic E-state index is 11.5. The lowest BCUT2D eigenvalue weighted by Crippen LogP contribution is -2.38. The molecule has 1 atom stereocenters. The van der Waals surface area contributed by atoms with Crippen LogP contribution in [-0.2, 0) is 4.79 Å². The van der Waals surface area contributed by atoms with Crippen LogP contribution >= 0.6 is 0 Å². The summed E-state index contributed by atoms with van der Waals surface area (Å²) >= 11 is 0. The standard InChI is InChI=1S/C15H23N3O3/c1-2-8-21-13-9-12(16-10-17-13)18-14(15(19)20)11-6-4-3-5-7-11/h9-11,14H,2-8H2,1H3,(H,19,20)(H,16,17,18). The number of carboxylic acids is 1. The van der Waals surface area contributed by atoms with E-state index in [-0.39, 0.29) is 5.92 Å². The first-order chi connectivity index (χ1) is 10.2. The first-order valence-corrected chi connectivity index (χ1v) is 7.65. The molecule has 0 aromatic carbocycles. The van der Waals surface area contributed by atoms with Crippen molar-refractivity contribution in [3.63, 3.8) is 0 Å². The normalized spacial score (nSPS) is 17.2. The Hall–Kier alpha value is -1.85. The predicted molar refractivity (Wildman–Crippen MR) is 79.4 cm³/mol. The molecule has 0 spiro atoms. The van der Waals surface area contributed by atoms with Crippen LogP contribution in [0.15, 0.2) is 12.4 Å². The van der Waals surface area contributed by atoms with E-state index in [9.17, 15) is 9.90 Å². The van der Waals surface area contributed by atoms with Gasteiger partial charge in [0.15, 0.2) is 0 Å². The largest absolute Gasteiger partial charge is 0.480 e. The molecule has 0 radical (unpaired) electrons. The molecular formula is C15H23N3O3. The first-order valence-electron chi connectivity index (χ1n) is 7.65. The number of hydrogen-bond donors (Lipinski definition) is 2. The Morgan fingerprint density at radius 1 is 1.43 bits per heavy atom. The summed E-state index contributed by atoms with van der Waals surface area (Å²) in [6, 6.07) is 1.06. The smallest absolute Gasteiger partial charge is 0.326 e. The summed E-state index contributed by atoms with van der Waals surface area (Å²) in [5.74, 6) is 0.318. The van der Waals surface area contributed by atoms with E-state index in [0.29, 0.717) is 18.3 Å². The van der Waals surface area contributed by atoms with E-state index in [1.807, 2.05) is 6.92 Å². The number of nitrogens with zero attached hydrogens (tertiary/aromatic N) is 2. The quantitative estimate of drug-likeness (QED) is 0.804. The highest BCUT2D eigenvalue weighted by Gasteiger charge is 2.29. The summed E-state index contributed by atoms with van der Waals surface area (Å²) in [5, 5.41) is 12.5. The molecule has 6 heteroatoms. The van der Waals surface area contributed by atoms with Crippen molar-refractivity contribution in [2.45, 2.75) is 51.5 Å². The highest BCUT2D eigenvalue weighted by molar-refractivity contribution is 5.77. The summed E-state index contributed by atoms with van der Waals surface area (Å²) in [6.07, 6.45) is 7.60. The monoisotopic (exact) mass is 293 g/mol. The number of ether oxygens (including phenoxy) is 1. The molecule has 1 aliphatic rings. The van der Waals surface area contributed by atoms with Crippen molar-refractivity contribution >= 4 is 11.8 Å². The maximum Gasteiger partial charge on any atom is 0.326 e. The van der Waals surface area contributed by atoms with Gasteiger partial charge in [-0.05, 0) is 25.2 Å². The van der Waals surface area contributed by atoms with Crippen molar-refractivity contribution in [2.24, 2.45) is 5.92 Å². The third-order valence-corrected chi connectivity index (χ3v) is 3.79. The summed E-state index contributed by atoms with van der Waals surface area (Å²) in [6.45, 7) is 2.60. The number of hydrogen-bond acceptors (Lipinski definition) is 5. The molecule has 1 fully saturated rings. The van der Waals surface area contributed by atoms with Gasteiger partial charge in [-0.1, -0.05) is 26.2 Å². The fourth-order valence-electron chi connectivity index (χ4n) is 2.71. The molecular weight excluding hydrogens is 270 g/mol. The molecule has 1 aliphatic carbocycles. The average Bonchev–Trinajstić information content (AvgIpc) is 2.51. The molecule has 0 amide bonds. The van der Waals surface area contributed by atoms with Crippen LogP contribution < -0.4 is 10.1 Å². The minimum absolute atomic E-state index is 0.159. The Morgan fingerprint density at radius 2 is 2.19 bits per heavy atom. The van der Waals surface area contributed by atoms with Gasteiger partial charge in [0.25, 0.3) is 0 Å². The molecule has 6 nitrogen and oxygen atoms in total. The van der Waals surface area contributed by atoms with Crippen LogP contribution in [0.4, 0.5) is 5.82 Å². The van der Waals surface area contributed by atoms with E-state index < -0.39 is 12.0 Å². The van der Waals surface area contributed by atoms with E-state index in [2.05, 4.69) is 15.3 Å². The number of carbonyl (C=O) groups is 1. The Kier molecular flexibility index (Phi) is 5.78. The van der Waals surface area contributed by atoms with Crippen LogP contribution in [0.3, 0.4) is 0 Å². The van der Waals surface area contributed by atoms with E-state index >= 15 is 0 Å². The predicted octanol–water partition coefficient (Wildman–Crippen LogP) is 2.71. The molecule has 0 aliphatic heterocycles. The van der Waals surface area contributed by atoms with Gasteiger partial charge < -0.3 is 15.2 Å². The fraction of sp³-hybridized carbons (Fsp3) is 0.667. The lowest BCUT2D eigenvalue weighted by molar-refractivity contribution is -0.139. The molecule has 1 saturated carbocycles. The minimum Gasteiger partial charge on any atom is -0.480 e.